The van der Waals surface area contributed by atoms with E-state index in [-0.39, 0.29) is 0 Å². The number of aliphatic imine (C=N–C) groups is 1. The topological polar surface area (TPSA) is 39.7 Å². The fourth-order valence-corrected chi connectivity index (χ4v) is 3.81. The summed E-state index contributed by atoms with van der Waals surface area (Å²) in [4.78, 5) is 7.21. The van der Waals surface area contributed by atoms with E-state index in [1.807, 2.05) is 0 Å². The van der Waals surface area contributed by atoms with Crippen molar-refractivity contribution in [2.75, 3.05) is 26.2 Å². The van der Waals surface area contributed by atoms with Crippen LogP contribution in [0.25, 0.3) is 0 Å². The summed E-state index contributed by atoms with van der Waals surface area (Å²) in [6.07, 6.45) is 2.30. The van der Waals surface area contributed by atoms with Gasteiger partial charge in [0.2, 0.25) is 0 Å². The molecule has 5 heteroatoms. The maximum Gasteiger partial charge on any atom is 0.191 e. The molecule has 0 amide bonds. The predicted molar refractivity (Wildman–Crippen MR) is 107 cm³/mol. The molecule has 0 bridgehead atoms. The van der Waals surface area contributed by atoms with Crippen LogP contribution in [0.15, 0.2) is 46.1 Å². The molecule has 1 aliphatic rings. The summed E-state index contributed by atoms with van der Waals surface area (Å²) < 4.78 is 0. The summed E-state index contributed by atoms with van der Waals surface area (Å²) in [7, 11) is 0. The molecule has 2 heterocycles. The number of guanidine groups is 1. The number of thiophene rings is 1. The van der Waals surface area contributed by atoms with E-state index < -0.39 is 0 Å². The number of benzene rings is 1. The Morgan fingerprint density at radius 2 is 2.08 bits per heavy atom. The highest BCUT2D eigenvalue weighted by Crippen LogP contribution is 2.18. The van der Waals surface area contributed by atoms with Gasteiger partial charge >= 0.3 is 0 Å². The third-order valence-electron chi connectivity index (χ3n) is 4.50. The van der Waals surface area contributed by atoms with Gasteiger partial charge in [-0.05, 0) is 53.3 Å². The van der Waals surface area contributed by atoms with Gasteiger partial charge in [-0.3, -0.25) is 4.90 Å². The number of fused-ring (bicyclic) bond motifs is 1. The van der Waals surface area contributed by atoms with Crippen molar-refractivity contribution in [1.29, 1.82) is 0 Å². The van der Waals surface area contributed by atoms with Gasteiger partial charge in [0, 0.05) is 32.7 Å². The second kappa shape index (κ2) is 9.59. The molecule has 0 unspecified atom stereocenters. The van der Waals surface area contributed by atoms with Crippen LogP contribution >= 0.6 is 11.3 Å². The van der Waals surface area contributed by atoms with Gasteiger partial charge in [-0.15, -0.1) is 0 Å². The molecule has 1 aliphatic heterocycles. The molecule has 0 saturated carbocycles. The molecule has 0 aliphatic carbocycles. The largest absolute Gasteiger partial charge is 0.357 e. The minimum absolute atomic E-state index is 0.738. The Hall–Kier alpha value is -1.85. The molecular weight excluding hydrogens is 328 g/mol. The zero-order valence-electron chi connectivity index (χ0n) is 15.0. The molecule has 3 rings (SSSR count). The molecule has 4 nitrogen and oxygen atoms in total. The van der Waals surface area contributed by atoms with E-state index in [0.29, 0.717) is 0 Å². The van der Waals surface area contributed by atoms with Crippen LogP contribution in [0, 0.1) is 0 Å². The Kier molecular flexibility index (Phi) is 6.89. The normalized spacial score (nSPS) is 15.0. The van der Waals surface area contributed by atoms with Crippen LogP contribution in [0.5, 0.6) is 0 Å². The molecule has 1 aromatic heterocycles. The first kappa shape index (κ1) is 18.0. The van der Waals surface area contributed by atoms with Crippen LogP contribution in [0.3, 0.4) is 0 Å². The van der Waals surface area contributed by atoms with Crippen LogP contribution in [-0.2, 0) is 19.5 Å². The van der Waals surface area contributed by atoms with Crippen molar-refractivity contribution in [3.63, 3.8) is 0 Å². The maximum atomic E-state index is 4.66. The van der Waals surface area contributed by atoms with Crippen molar-refractivity contribution in [2.45, 2.75) is 32.9 Å². The first-order valence-electron chi connectivity index (χ1n) is 9.17. The standard InChI is InChI=1S/C20H28N4S/c1-2-21-20(23-14-17-9-13-25-16-17)22-10-5-11-24-12-8-18-6-3-4-7-19(18)15-24/h3-4,6-7,9,13,16H,2,5,8,10-12,14-15H2,1H3,(H2,21,22,23). The molecule has 0 atom stereocenters. The van der Waals surface area contributed by atoms with Gasteiger partial charge in [-0.25, -0.2) is 4.99 Å². The molecule has 0 saturated heterocycles. The SMILES string of the molecule is CCNC(=NCc1ccsc1)NCCCN1CCc2ccccc2C1. The molecule has 0 spiro atoms. The maximum absolute atomic E-state index is 4.66. The lowest BCUT2D eigenvalue weighted by Crippen LogP contribution is -2.39. The lowest BCUT2D eigenvalue weighted by atomic mass is 10.00. The van der Waals surface area contributed by atoms with E-state index in [0.717, 1.165) is 45.1 Å². The van der Waals surface area contributed by atoms with Crippen molar-refractivity contribution in [3.8, 4) is 0 Å². The van der Waals surface area contributed by atoms with Crippen LogP contribution in [0.1, 0.15) is 30.0 Å². The lowest BCUT2D eigenvalue weighted by Gasteiger charge is -2.28. The van der Waals surface area contributed by atoms with Gasteiger partial charge in [-0.1, -0.05) is 24.3 Å². The summed E-state index contributed by atoms with van der Waals surface area (Å²) in [6, 6.07) is 11.0. The Morgan fingerprint density at radius 1 is 1.20 bits per heavy atom. The third kappa shape index (κ3) is 5.58. The van der Waals surface area contributed by atoms with E-state index in [4.69, 9.17) is 0 Å². The molecule has 25 heavy (non-hydrogen) atoms. The van der Waals surface area contributed by atoms with Crippen LogP contribution in [0.2, 0.25) is 0 Å². The fourth-order valence-electron chi connectivity index (χ4n) is 3.15. The van der Waals surface area contributed by atoms with E-state index >= 15 is 0 Å². The summed E-state index contributed by atoms with van der Waals surface area (Å²) in [6.45, 7) is 8.07. The molecule has 1 aromatic carbocycles. The number of hydrogen-bond donors (Lipinski definition) is 2. The van der Waals surface area contributed by atoms with Gasteiger partial charge in [0.25, 0.3) is 0 Å². The Labute approximate surface area is 155 Å². The number of nitrogens with one attached hydrogen (secondary N) is 2. The van der Waals surface area contributed by atoms with Crippen LogP contribution in [-0.4, -0.2) is 37.0 Å². The first-order chi connectivity index (χ1) is 12.3. The third-order valence-corrected chi connectivity index (χ3v) is 5.23. The summed E-state index contributed by atoms with van der Waals surface area (Å²) in [5.74, 6) is 0.915. The van der Waals surface area contributed by atoms with Crippen molar-refractivity contribution in [2.24, 2.45) is 4.99 Å². The van der Waals surface area contributed by atoms with Crippen molar-refractivity contribution in [1.82, 2.24) is 15.5 Å². The van der Waals surface area contributed by atoms with Gasteiger partial charge in [0.05, 0.1) is 6.54 Å². The van der Waals surface area contributed by atoms with E-state index in [1.165, 1.54) is 29.7 Å². The number of rotatable bonds is 7. The molecule has 134 valence electrons. The smallest absolute Gasteiger partial charge is 0.191 e. The average molecular weight is 357 g/mol. The number of hydrogen-bond acceptors (Lipinski definition) is 3. The van der Waals surface area contributed by atoms with Crippen LogP contribution < -0.4 is 10.6 Å². The minimum atomic E-state index is 0.738. The Balaban J connectivity index is 1.40. The highest BCUT2D eigenvalue weighted by Gasteiger charge is 2.14. The summed E-state index contributed by atoms with van der Waals surface area (Å²) in [5, 5.41) is 11.0. The highest BCUT2D eigenvalue weighted by molar-refractivity contribution is 7.07. The Morgan fingerprint density at radius 3 is 2.88 bits per heavy atom. The second-order valence-electron chi connectivity index (χ2n) is 6.40. The minimum Gasteiger partial charge on any atom is -0.357 e. The van der Waals surface area contributed by atoms with Gasteiger partial charge in [0.15, 0.2) is 5.96 Å². The number of nitrogens with zero attached hydrogens (tertiary/aromatic N) is 2. The van der Waals surface area contributed by atoms with E-state index in [2.05, 4.69) is 68.5 Å². The lowest BCUT2D eigenvalue weighted by molar-refractivity contribution is 0.251. The van der Waals surface area contributed by atoms with Crippen LogP contribution in [0.4, 0.5) is 0 Å². The first-order valence-corrected chi connectivity index (χ1v) is 10.1. The molecular formula is C20H28N4S. The van der Waals surface area contributed by atoms with E-state index in [9.17, 15) is 0 Å². The van der Waals surface area contributed by atoms with Gasteiger partial charge < -0.3 is 10.6 Å². The second-order valence-corrected chi connectivity index (χ2v) is 7.18. The van der Waals surface area contributed by atoms with Gasteiger partial charge in [0.1, 0.15) is 0 Å². The molecule has 2 aromatic rings. The molecule has 2 N–H and O–H groups in total. The van der Waals surface area contributed by atoms with Crippen molar-refractivity contribution < 1.29 is 0 Å². The van der Waals surface area contributed by atoms with Gasteiger partial charge in [-0.2, -0.15) is 11.3 Å². The molecule has 0 radical (unpaired) electrons. The zero-order chi connectivity index (χ0) is 17.3. The summed E-state index contributed by atoms with van der Waals surface area (Å²) in [5.41, 5.74) is 4.29. The predicted octanol–water partition coefficient (Wildman–Crippen LogP) is 3.25. The summed E-state index contributed by atoms with van der Waals surface area (Å²) >= 11 is 1.72. The molecule has 0 fully saturated rings. The van der Waals surface area contributed by atoms with Crippen molar-refractivity contribution >= 4 is 17.3 Å². The highest BCUT2D eigenvalue weighted by atomic mass is 32.1. The average Bonchev–Trinajstić information content (AvgIpc) is 3.16. The quantitative estimate of drug-likeness (QED) is 0.454. The monoisotopic (exact) mass is 356 g/mol. The zero-order valence-corrected chi connectivity index (χ0v) is 15.8. The van der Waals surface area contributed by atoms with E-state index in [1.54, 1.807) is 11.3 Å². The van der Waals surface area contributed by atoms with Crippen molar-refractivity contribution in [3.05, 3.63) is 57.8 Å². The Bertz CT molecular complexity index is 666. The fraction of sp³-hybridized carbons (Fsp3) is 0.450.